The summed E-state index contributed by atoms with van der Waals surface area (Å²) < 4.78 is 5.11. The smallest absolute Gasteiger partial charge is 0.221 e. The van der Waals surface area contributed by atoms with Crippen molar-refractivity contribution >= 4 is 34.3 Å². The summed E-state index contributed by atoms with van der Waals surface area (Å²) in [5, 5.41) is 19.5. The van der Waals surface area contributed by atoms with Crippen LogP contribution < -0.4 is 10.1 Å². The van der Waals surface area contributed by atoms with Gasteiger partial charge in [0.25, 0.3) is 0 Å². The molecule has 0 radical (unpaired) electrons. The number of rotatable bonds is 6. The van der Waals surface area contributed by atoms with Crippen LogP contribution in [0, 0.1) is 0 Å². The van der Waals surface area contributed by atoms with Crippen molar-refractivity contribution < 1.29 is 9.53 Å². The van der Waals surface area contributed by atoms with E-state index >= 15 is 0 Å². The Morgan fingerprint density at radius 3 is 1.39 bits per heavy atom. The molecular weight excluding hydrogens is 354 g/mol. The number of carbonyl (C=O) groups excluding carboxylic acids is 1. The first-order valence-electron chi connectivity index (χ1n) is 8.58. The number of methoxy groups -OCH3 is 1. The van der Waals surface area contributed by atoms with Crippen molar-refractivity contribution in [3.05, 3.63) is 72.8 Å². The van der Waals surface area contributed by atoms with Gasteiger partial charge in [-0.05, 0) is 72.8 Å². The number of nitrogens with zero attached hydrogens (tertiary/aromatic N) is 4. The minimum atomic E-state index is -0.112. The maximum absolute atomic E-state index is 11.0. The van der Waals surface area contributed by atoms with Crippen LogP contribution in [0.4, 0.5) is 28.4 Å². The Morgan fingerprint density at radius 1 is 0.679 bits per heavy atom. The lowest BCUT2D eigenvalue weighted by atomic mass is 10.3. The lowest BCUT2D eigenvalue weighted by Crippen LogP contribution is -2.04. The molecule has 0 fully saturated rings. The van der Waals surface area contributed by atoms with Crippen molar-refractivity contribution in [1.29, 1.82) is 0 Å². The number of hydrogen-bond acceptors (Lipinski definition) is 6. The van der Waals surface area contributed by atoms with Crippen molar-refractivity contribution in [2.75, 3.05) is 12.4 Å². The van der Waals surface area contributed by atoms with Crippen LogP contribution in [0.5, 0.6) is 5.75 Å². The molecule has 0 unspecified atom stereocenters. The van der Waals surface area contributed by atoms with Crippen molar-refractivity contribution in [2.24, 2.45) is 20.5 Å². The minimum absolute atomic E-state index is 0.112. The zero-order chi connectivity index (χ0) is 19.8. The first kappa shape index (κ1) is 18.9. The van der Waals surface area contributed by atoms with Crippen LogP contribution in [-0.2, 0) is 4.79 Å². The van der Waals surface area contributed by atoms with E-state index in [4.69, 9.17) is 4.74 Å². The highest BCUT2D eigenvalue weighted by Gasteiger charge is 1.97. The molecule has 0 aromatic heterocycles. The molecule has 0 aliphatic rings. The Balaban J connectivity index is 1.61. The van der Waals surface area contributed by atoms with Crippen molar-refractivity contribution in [3.63, 3.8) is 0 Å². The summed E-state index contributed by atoms with van der Waals surface area (Å²) in [6.07, 6.45) is 0. The molecule has 0 saturated carbocycles. The third-order valence-electron chi connectivity index (χ3n) is 3.67. The van der Waals surface area contributed by atoms with E-state index in [0.717, 1.165) is 22.8 Å². The average Bonchev–Trinajstić information content (AvgIpc) is 2.72. The highest BCUT2D eigenvalue weighted by atomic mass is 16.5. The maximum atomic E-state index is 11.0. The van der Waals surface area contributed by atoms with Crippen LogP contribution >= 0.6 is 0 Å². The summed E-state index contributed by atoms with van der Waals surface area (Å²) in [6.45, 7) is 1.47. The van der Waals surface area contributed by atoms with E-state index in [1.54, 1.807) is 31.4 Å². The molecule has 3 aromatic carbocycles. The van der Waals surface area contributed by atoms with Crippen molar-refractivity contribution in [2.45, 2.75) is 6.92 Å². The summed E-state index contributed by atoms with van der Waals surface area (Å²) in [7, 11) is 1.62. The molecule has 1 amide bonds. The van der Waals surface area contributed by atoms with Gasteiger partial charge in [0, 0.05) is 12.6 Å². The molecule has 0 aliphatic heterocycles. The number of anilines is 1. The molecule has 3 rings (SSSR count). The number of nitrogens with one attached hydrogen (secondary N) is 1. The highest BCUT2D eigenvalue weighted by Crippen LogP contribution is 2.24. The van der Waals surface area contributed by atoms with Crippen LogP contribution in [0.25, 0.3) is 0 Å². The van der Waals surface area contributed by atoms with Gasteiger partial charge in [0.1, 0.15) is 5.75 Å². The Kier molecular flexibility index (Phi) is 6.20. The molecule has 0 aliphatic carbocycles. The minimum Gasteiger partial charge on any atom is -0.497 e. The molecular formula is C21H19N5O2. The summed E-state index contributed by atoms with van der Waals surface area (Å²) >= 11 is 0. The number of amides is 1. The van der Waals surface area contributed by atoms with Crippen molar-refractivity contribution in [3.8, 4) is 5.75 Å². The van der Waals surface area contributed by atoms with Gasteiger partial charge in [0.15, 0.2) is 0 Å². The topological polar surface area (TPSA) is 87.8 Å². The lowest BCUT2D eigenvalue weighted by molar-refractivity contribution is -0.114. The quantitative estimate of drug-likeness (QED) is 0.501. The number of azo groups is 2. The normalized spacial score (nSPS) is 11.1. The van der Waals surface area contributed by atoms with Gasteiger partial charge < -0.3 is 10.1 Å². The summed E-state index contributed by atoms with van der Waals surface area (Å²) in [5.74, 6) is 0.664. The van der Waals surface area contributed by atoms with Crippen LogP contribution in [-0.4, -0.2) is 13.0 Å². The van der Waals surface area contributed by atoms with Crippen LogP contribution in [0.15, 0.2) is 93.3 Å². The van der Waals surface area contributed by atoms with E-state index in [1.165, 1.54) is 6.92 Å². The number of ether oxygens (including phenoxy) is 1. The van der Waals surface area contributed by atoms with E-state index < -0.39 is 0 Å². The Morgan fingerprint density at radius 2 is 1.04 bits per heavy atom. The standard InChI is InChI=1S/C21H19N5O2/c1-15(27)22-16-3-5-17(6-4-16)23-24-18-7-9-19(10-8-18)25-26-20-11-13-21(28-2)14-12-20/h3-14H,1-2H3,(H,22,27). The largest absolute Gasteiger partial charge is 0.497 e. The SMILES string of the molecule is COc1ccc(N=Nc2ccc(N=Nc3ccc(NC(C)=O)cc3)cc2)cc1. The summed E-state index contributed by atoms with van der Waals surface area (Å²) in [6, 6.07) is 21.7. The van der Waals surface area contributed by atoms with Crippen LogP contribution in [0.2, 0.25) is 0 Å². The molecule has 0 atom stereocenters. The van der Waals surface area contributed by atoms with E-state index in [2.05, 4.69) is 25.8 Å². The van der Waals surface area contributed by atoms with Crippen LogP contribution in [0.3, 0.4) is 0 Å². The molecule has 140 valence electrons. The van der Waals surface area contributed by atoms with Gasteiger partial charge in [0.2, 0.25) is 5.91 Å². The molecule has 0 heterocycles. The third kappa shape index (κ3) is 5.57. The predicted octanol–water partition coefficient (Wildman–Crippen LogP) is 6.48. The molecule has 1 N–H and O–H groups in total. The van der Waals surface area contributed by atoms with E-state index in [0.29, 0.717) is 11.4 Å². The number of benzene rings is 3. The van der Waals surface area contributed by atoms with Gasteiger partial charge in [-0.25, -0.2) is 0 Å². The fourth-order valence-electron chi connectivity index (χ4n) is 2.28. The van der Waals surface area contributed by atoms with Gasteiger partial charge in [-0.2, -0.15) is 20.5 Å². The maximum Gasteiger partial charge on any atom is 0.221 e. The average molecular weight is 373 g/mol. The molecule has 28 heavy (non-hydrogen) atoms. The van der Waals surface area contributed by atoms with Crippen LogP contribution in [0.1, 0.15) is 6.92 Å². The first-order valence-corrected chi connectivity index (χ1v) is 8.58. The second-order valence-electron chi connectivity index (χ2n) is 5.84. The Labute approximate surface area is 162 Å². The molecule has 0 bridgehead atoms. The molecule has 3 aromatic rings. The Hall–Kier alpha value is -3.87. The predicted molar refractivity (Wildman–Crippen MR) is 109 cm³/mol. The van der Waals surface area contributed by atoms with Gasteiger partial charge in [0.05, 0.1) is 29.9 Å². The van der Waals surface area contributed by atoms with Gasteiger partial charge >= 0.3 is 0 Å². The zero-order valence-electron chi connectivity index (χ0n) is 15.5. The monoisotopic (exact) mass is 373 g/mol. The van der Waals surface area contributed by atoms with Gasteiger partial charge in [-0.15, -0.1) is 0 Å². The first-order chi connectivity index (χ1) is 13.6. The number of hydrogen-bond donors (Lipinski definition) is 1. The fraction of sp³-hybridized carbons (Fsp3) is 0.0952. The number of carbonyl (C=O) groups is 1. The highest BCUT2D eigenvalue weighted by molar-refractivity contribution is 5.88. The molecule has 0 saturated heterocycles. The van der Waals surface area contributed by atoms with Gasteiger partial charge in [-0.3, -0.25) is 4.79 Å². The second-order valence-corrected chi connectivity index (χ2v) is 5.84. The lowest BCUT2D eigenvalue weighted by Gasteiger charge is -2.01. The van der Waals surface area contributed by atoms with E-state index in [1.807, 2.05) is 48.5 Å². The zero-order valence-corrected chi connectivity index (χ0v) is 15.5. The summed E-state index contributed by atoms with van der Waals surface area (Å²) in [5.41, 5.74) is 3.58. The second kappa shape index (κ2) is 9.18. The van der Waals surface area contributed by atoms with Gasteiger partial charge in [-0.1, -0.05) is 0 Å². The van der Waals surface area contributed by atoms with E-state index in [9.17, 15) is 4.79 Å². The Bertz CT molecular complexity index is 979. The molecule has 0 spiro atoms. The van der Waals surface area contributed by atoms with Crippen molar-refractivity contribution in [1.82, 2.24) is 0 Å². The third-order valence-corrected chi connectivity index (χ3v) is 3.67. The summed E-state index contributed by atoms with van der Waals surface area (Å²) in [4.78, 5) is 11.0. The van der Waals surface area contributed by atoms with E-state index in [-0.39, 0.29) is 5.91 Å². The molecule has 7 nitrogen and oxygen atoms in total. The fourth-order valence-corrected chi connectivity index (χ4v) is 2.28. The molecule has 7 heteroatoms.